The monoisotopic (exact) mass is 264 g/mol. The van der Waals surface area contributed by atoms with Crippen molar-refractivity contribution in [2.45, 2.75) is 5.67 Å². The van der Waals surface area contributed by atoms with Crippen molar-refractivity contribution in [2.75, 3.05) is 13.1 Å². The molecule has 0 saturated carbocycles. The molecular weight excluding hydrogens is 255 g/mol. The van der Waals surface area contributed by atoms with Gasteiger partial charge in [0.05, 0.1) is 13.1 Å². The molecule has 1 aromatic rings. The maximum absolute atomic E-state index is 14.2. The van der Waals surface area contributed by atoms with Crippen LogP contribution in [-0.2, 0) is 15.9 Å². The minimum absolute atomic E-state index is 0.282. The van der Waals surface area contributed by atoms with E-state index in [9.17, 15) is 12.8 Å². The predicted molar refractivity (Wildman–Crippen MR) is 58.9 cm³/mol. The number of rotatable bonds is 2. The van der Waals surface area contributed by atoms with Crippen LogP contribution in [-0.4, -0.2) is 25.8 Å². The van der Waals surface area contributed by atoms with Crippen LogP contribution < -0.4 is 5.14 Å². The zero-order chi connectivity index (χ0) is 12.0. The molecule has 0 spiro atoms. The van der Waals surface area contributed by atoms with Crippen LogP contribution in [0, 0.1) is 0 Å². The minimum Gasteiger partial charge on any atom is -0.236 e. The summed E-state index contributed by atoms with van der Waals surface area (Å²) in [7, 11) is -3.81. The van der Waals surface area contributed by atoms with Crippen LogP contribution in [0.15, 0.2) is 24.3 Å². The third-order valence-electron chi connectivity index (χ3n) is 2.57. The largest absolute Gasteiger partial charge is 0.277 e. The smallest absolute Gasteiger partial charge is 0.236 e. The number of alkyl halides is 1. The van der Waals surface area contributed by atoms with E-state index in [1.165, 1.54) is 0 Å². The van der Waals surface area contributed by atoms with Crippen molar-refractivity contribution in [1.29, 1.82) is 0 Å². The van der Waals surface area contributed by atoms with E-state index in [0.29, 0.717) is 10.6 Å². The summed E-state index contributed by atoms with van der Waals surface area (Å²) in [5, 5.41) is 5.17. The highest BCUT2D eigenvalue weighted by Gasteiger charge is 2.50. The van der Waals surface area contributed by atoms with Crippen molar-refractivity contribution in [3.05, 3.63) is 34.9 Å². The van der Waals surface area contributed by atoms with Gasteiger partial charge in [0.25, 0.3) is 10.2 Å². The summed E-state index contributed by atoms with van der Waals surface area (Å²) >= 11 is 5.84. The third kappa shape index (κ3) is 1.93. The second-order valence-corrected chi connectivity index (χ2v) is 5.71. The Labute approximate surface area is 98.0 Å². The van der Waals surface area contributed by atoms with Crippen molar-refractivity contribution in [2.24, 2.45) is 5.14 Å². The van der Waals surface area contributed by atoms with Gasteiger partial charge in [0.15, 0.2) is 5.67 Å². The average Bonchev–Trinajstić information content (AvgIpc) is 2.12. The van der Waals surface area contributed by atoms with E-state index in [4.69, 9.17) is 16.7 Å². The number of nitrogens with zero attached hydrogens (tertiary/aromatic N) is 1. The Bertz CT molecular complexity index is 514. The van der Waals surface area contributed by atoms with Gasteiger partial charge in [0.2, 0.25) is 0 Å². The summed E-state index contributed by atoms with van der Waals surface area (Å²) in [5.41, 5.74) is -1.43. The molecule has 0 unspecified atom stereocenters. The number of benzene rings is 1. The number of halogens is 2. The van der Waals surface area contributed by atoms with Crippen molar-refractivity contribution in [1.82, 2.24) is 4.31 Å². The highest BCUT2D eigenvalue weighted by molar-refractivity contribution is 7.86. The lowest BCUT2D eigenvalue weighted by Crippen LogP contribution is -2.60. The van der Waals surface area contributed by atoms with Crippen LogP contribution in [0.3, 0.4) is 0 Å². The summed E-state index contributed by atoms with van der Waals surface area (Å²) in [6, 6.07) is 6.45. The molecule has 0 amide bonds. The molecule has 0 radical (unpaired) electrons. The molecule has 0 aromatic heterocycles. The van der Waals surface area contributed by atoms with Gasteiger partial charge in [-0.15, -0.1) is 0 Å². The molecule has 4 nitrogen and oxygen atoms in total. The molecule has 0 aliphatic carbocycles. The normalized spacial score (nSPS) is 20.4. The van der Waals surface area contributed by atoms with E-state index in [1.807, 2.05) is 0 Å². The molecular formula is C9H10ClFN2O2S. The standard InChI is InChI=1S/C9H10ClFN2O2S/c10-8-4-2-1-3-7(8)9(11)5-13(6-9)16(12,14)15/h1-4H,5-6H2,(H2,12,14,15). The van der Waals surface area contributed by atoms with Gasteiger partial charge >= 0.3 is 0 Å². The highest BCUT2D eigenvalue weighted by atomic mass is 35.5. The second kappa shape index (κ2) is 3.66. The van der Waals surface area contributed by atoms with Crippen LogP contribution in [0.4, 0.5) is 4.39 Å². The molecule has 1 aliphatic rings. The summed E-state index contributed by atoms with van der Waals surface area (Å²) in [6.45, 7) is -0.564. The van der Waals surface area contributed by atoms with Crippen molar-refractivity contribution >= 4 is 21.8 Å². The van der Waals surface area contributed by atoms with Crippen LogP contribution in [0.2, 0.25) is 5.02 Å². The van der Waals surface area contributed by atoms with E-state index in [2.05, 4.69) is 0 Å². The van der Waals surface area contributed by atoms with Gasteiger partial charge < -0.3 is 0 Å². The molecule has 1 aromatic carbocycles. The van der Waals surface area contributed by atoms with E-state index >= 15 is 0 Å². The molecule has 2 N–H and O–H groups in total. The zero-order valence-electron chi connectivity index (χ0n) is 8.23. The molecule has 1 saturated heterocycles. The predicted octanol–water partition coefficient (Wildman–Crippen LogP) is 1.02. The lowest BCUT2D eigenvalue weighted by molar-refractivity contribution is 0.0180. The van der Waals surface area contributed by atoms with Crippen LogP contribution in [0.5, 0.6) is 0 Å². The number of nitrogens with two attached hydrogens (primary N) is 1. The lowest BCUT2D eigenvalue weighted by atomic mass is 9.90. The first-order valence-electron chi connectivity index (χ1n) is 4.55. The van der Waals surface area contributed by atoms with Gasteiger partial charge in [-0.1, -0.05) is 29.8 Å². The number of hydrogen-bond acceptors (Lipinski definition) is 2. The Kier molecular flexibility index (Phi) is 2.70. The van der Waals surface area contributed by atoms with Gasteiger partial charge in [-0.25, -0.2) is 9.53 Å². The van der Waals surface area contributed by atoms with E-state index in [1.54, 1.807) is 24.3 Å². The molecule has 1 fully saturated rings. The third-order valence-corrected chi connectivity index (χ3v) is 3.88. The first-order chi connectivity index (χ1) is 7.33. The molecule has 88 valence electrons. The fraction of sp³-hybridized carbons (Fsp3) is 0.333. The fourth-order valence-corrected chi connectivity index (χ4v) is 2.76. The van der Waals surface area contributed by atoms with Crippen LogP contribution >= 0.6 is 11.6 Å². The van der Waals surface area contributed by atoms with E-state index < -0.39 is 15.9 Å². The molecule has 7 heteroatoms. The maximum Gasteiger partial charge on any atom is 0.277 e. The van der Waals surface area contributed by atoms with E-state index in [-0.39, 0.29) is 13.1 Å². The van der Waals surface area contributed by atoms with Crippen molar-refractivity contribution in [3.8, 4) is 0 Å². The number of hydrogen-bond donors (Lipinski definition) is 1. The summed E-state index contributed by atoms with van der Waals surface area (Å²) < 4.78 is 36.9. The van der Waals surface area contributed by atoms with Crippen molar-refractivity contribution in [3.63, 3.8) is 0 Å². The SMILES string of the molecule is NS(=O)(=O)N1CC(F)(c2ccccc2Cl)C1. The second-order valence-electron chi connectivity index (χ2n) is 3.76. The summed E-state index contributed by atoms with van der Waals surface area (Å²) in [6.07, 6.45) is 0. The first kappa shape index (κ1) is 11.8. The van der Waals surface area contributed by atoms with E-state index in [0.717, 1.165) is 4.31 Å². The Morgan fingerprint density at radius 3 is 2.44 bits per heavy atom. The lowest BCUT2D eigenvalue weighted by Gasteiger charge is -2.42. The molecule has 2 rings (SSSR count). The van der Waals surface area contributed by atoms with Crippen LogP contribution in [0.1, 0.15) is 5.56 Å². The topological polar surface area (TPSA) is 63.4 Å². The van der Waals surface area contributed by atoms with Gasteiger partial charge in [0.1, 0.15) is 0 Å². The van der Waals surface area contributed by atoms with Crippen LogP contribution in [0.25, 0.3) is 0 Å². The minimum atomic E-state index is -3.81. The zero-order valence-corrected chi connectivity index (χ0v) is 9.80. The first-order valence-corrected chi connectivity index (χ1v) is 6.43. The fourth-order valence-electron chi connectivity index (χ4n) is 1.69. The molecule has 1 aliphatic heterocycles. The molecule has 0 atom stereocenters. The van der Waals surface area contributed by atoms with Gasteiger partial charge in [-0.2, -0.15) is 12.7 Å². The molecule has 16 heavy (non-hydrogen) atoms. The van der Waals surface area contributed by atoms with Crippen molar-refractivity contribution < 1.29 is 12.8 Å². The molecule has 1 heterocycles. The highest BCUT2D eigenvalue weighted by Crippen LogP contribution is 2.40. The Morgan fingerprint density at radius 2 is 1.94 bits per heavy atom. The Balaban J connectivity index is 2.24. The van der Waals surface area contributed by atoms with Gasteiger partial charge in [0, 0.05) is 10.6 Å². The quantitative estimate of drug-likeness (QED) is 0.867. The summed E-state index contributed by atoms with van der Waals surface area (Å²) in [5.74, 6) is 0. The van der Waals surface area contributed by atoms with Gasteiger partial charge in [-0.05, 0) is 6.07 Å². The maximum atomic E-state index is 14.2. The Morgan fingerprint density at radius 1 is 1.38 bits per heavy atom. The average molecular weight is 265 g/mol. The molecule has 0 bridgehead atoms. The van der Waals surface area contributed by atoms with Gasteiger partial charge in [-0.3, -0.25) is 0 Å². The summed E-state index contributed by atoms with van der Waals surface area (Å²) in [4.78, 5) is 0. The Hall–Kier alpha value is -0.690.